The molecule has 0 N–H and O–H groups in total. The third-order valence-corrected chi connectivity index (χ3v) is 17.7. The molecule has 4 heteroatoms. The van der Waals surface area contributed by atoms with E-state index in [0.717, 1.165) is 11.8 Å². The van der Waals surface area contributed by atoms with Crippen molar-refractivity contribution in [3.63, 3.8) is 0 Å². The van der Waals surface area contributed by atoms with E-state index in [9.17, 15) is 0 Å². The molecule has 0 unspecified atom stereocenters. The summed E-state index contributed by atoms with van der Waals surface area (Å²) < 4.78 is 2.43. The fraction of sp³-hybridized carbons (Fsp3) is 0.238. The van der Waals surface area contributed by atoms with Gasteiger partial charge in [0.15, 0.2) is 0 Å². The number of nitrogens with zero attached hydrogens (tertiary/aromatic N) is 3. The Balaban J connectivity index is 1.01. The van der Waals surface area contributed by atoms with Gasteiger partial charge in [-0.2, -0.15) is 0 Å². The van der Waals surface area contributed by atoms with Crippen LogP contribution in [-0.4, -0.2) is 11.3 Å². The minimum absolute atomic E-state index is 0.00225. The van der Waals surface area contributed by atoms with E-state index in [4.69, 9.17) is 0 Å². The monoisotopic (exact) mass is 863 g/mol. The Hall–Kier alpha value is -6.78. The Labute approximate surface area is 394 Å². The van der Waals surface area contributed by atoms with E-state index in [1.807, 2.05) is 0 Å². The van der Waals surface area contributed by atoms with Crippen LogP contribution in [0.5, 0.6) is 0 Å². The molecule has 3 nitrogen and oxygen atoms in total. The maximum Gasteiger partial charge on any atom is 0.252 e. The zero-order valence-electron chi connectivity index (χ0n) is 38.9. The van der Waals surface area contributed by atoms with E-state index in [1.54, 1.807) is 11.1 Å². The molecule has 4 bridgehead atoms. The predicted octanol–water partition coefficient (Wildman–Crippen LogP) is 14.2. The van der Waals surface area contributed by atoms with Gasteiger partial charge < -0.3 is 14.4 Å². The second-order valence-electron chi connectivity index (χ2n) is 22.2. The largest absolute Gasteiger partial charge is 0.311 e. The van der Waals surface area contributed by atoms with E-state index in [-0.39, 0.29) is 17.5 Å². The number of para-hydroxylation sites is 4. The van der Waals surface area contributed by atoms with Crippen LogP contribution in [0.15, 0.2) is 170 Å². The maximum absolute atomic E-state index is 2.76. The van der Waals surface area contributed by atoms with Crippen LogP contribution in [0.3, 0.4) is 0 Å². The van der Waals surface area contributed by atoms with Gasteiger partial charge in [0.1, 0.15) is 0 Å². The lowest BCUT2D eigenvalue weighted by atomic mass is 9.32. The first-order valence-electron chi connectivity index (χ1n) is 25.0. The maximum atomic E-state index is 2.76. The van der Waals surface area contributed by atoms with Gasteiger partial charge in [-0.25, -0.2) is 0 Å². The molecular formula is C63H54BN3. The average Bonchev–Trinajstić information content (AvgIpc) is 3.68. The predicted molar refractivity (Wildman–Crippen MR) is 282 cm³/mol. The number of rotatable bonds is 3. The summed E-state index contributed by atoms with van der Waals surface area (Å²) in [6, 6.07) is 66.0. The zero-order chi connectivity index (χ0) is 44.5. The van der Waals surface area contributed by atoms with Crippen LogP contribution in [-0.2, 0) is 10.8 Å². The first-order chi connectivity index (χ1) is 32.7. The van der Waals surface area contributed by atoms with Crippen LogP contribution in [0.4, 0.5) is 34.1 Å². The van der Waals surface area contributed by atoms with Crippen molar-refractivity contribution < 1.29 is 0 Å². The molecule has 0 atom stereocenters. The number of aromatic nitrogens is 1. The molecule has 8 aromatic carbocycles. The van der Waals surface area contributed by atoms with Gasteiger partial charge >= 0.3 is 0 Å². The van der Waals surface area contributed by atoms with Crippen molar-refractivity contribution in [1.82, 2.24) is 4.57 Å². The summed E-state index contributed by atoms with van der Waals surface area (Å²) in [7, 11) is 0. The van der Waals surface area contributed by atoms with Gasteiger partial charge in [-0.1, -0.05) is 136 Å². The summed E-state index contributed by atoms with van der Waals surface area (Å²) in [5, 5.41) is 2.57. The van der Waals surface area contributed by atoms with E-state index >= 15 is 0 Å². The molecule has 4 saturated carbocycles. The topological polar surface area (TPSA) is 11.4 Å². The van der Waals surface area contributed by atoms with Crippen molar-refractivity contribution in [3.8, 4) is 16.8 Å². The van der Waals surface area contributed by atoms with Crippen LogP contribution in [0.2, 0.25) is 0 Å². The Bertz CT molecular complexity index is 3470. The molecule has 3 aliphatic heterocycles. The molecule has 7 aliphatic rings. The summed E-state index contributed by atoms with van der Waals surface area (Å²) >= 11 is 0. The molecule has 1 aromatic heterocycles. The molecule has 9 aromatic rings. The SMILES string of the molecule is Cc1ccc(N2c3ccc(C(C)(C)C)cc3B3c4cccc5c4N(c4ccccc4C54C5CC6CC(C5)CC4C6)c4cc(-c5ccc(-n6c7ccccc7c7ccccc76)cc5)cc2c43)cc1. The number of hydrogen-bond donors (Lipinski definition) is 0. The normalized spacial score (nSPS) is 22.6. The molecule has 324 valence electrons. The van der Waals surface area contributed by atoms with Gasteiger partial charge in [0.2, 0.25) is 0 Å². The molecule has 4 fully saturated rings. The molecule has 0 radical (unpaired) electrons. The van der Waals surface area contributed by atoms with Crippen LogP contribution >= 0.6 is 0 Å². The van der Waals surface area contributed by atoms with Gasteiger partial charge in [-0.3, -0.25) is 0 Å². The second-order valence-corrected chi connectivity index (χ2v) is 22.2. The van der Waals surface area contributed by atoms with Crippen molar-refractivity contribution >= 4 is 79.0 Å². The van der Waals surface area contributed by atoms with Crippen LogP contribution in [0.25, 0.3) is 38.6 Å². The summed E-state index contributed by atoms with van der Waals surface area (Å²) in [5.74, 6) is 3.13. The number of benzene rings is 8. The lowest BCUT2D eigenvalue weighted by molar-refractivity contribution is -0.0419. The van der Waals surface area contributed by atoms with Gasteiger partial charge in [-0.05, 0) is 173 Å². The number of fused-ring (bicyclic) bond motifs is 9. The average molecular weight is 864 g/mol. The fourth-order valence-electron chi connectivity index (χ4n) is 15.2. The highest BCUT2D eigenvalue weighted by Gasteiger charge is 2.62. The standard InChI is InChI=1S/C63H54BN3/c1-38-20-25-46(26-21-38)66-57-29-24-43(62(2,3)4)37-53(57)64-52-16-11-15-51-61(52)67(56-19-10-7-14-50(56)63(51)44-31-39-30-40(33-44)34-45(63)32-39)59-36-42(35-58(66)60(59)64)41-22-27-47(28-23-41)65-54-17-8-5-12-48(54)49-13-6-9-18-55(49)65/h5-29,35-37,39-40,44-45H,30-34H2,1-4H3. The van der Waals surface area contributed by atoms with Gasteiger partial charge in [0, 0.05) is 50.3 Å². The highest BCUT2D eigenvalue weighted by molar-refractivity contribution is 7.00. The summed E-state index contributed by atoms with van der Waals surface area (Å²) in [6.07, 6.45) is 6.93. The van der Waals surface area contributed by atoms with E-state index in [1.165, 1.54) is 132 Å². The van der Waals surface area contributed by atoms with Crippen molar-refractivity contribution in [1.29, 1.82) is 0 Å². The summed E-state index contributed by atoms with van der Waals surface area (Å²) in [5.41, 5.74) is 24.2. The van der Waals surface area contributed by atoms with Crippen LogP contribution in [0, 0.1) is 30.6 Å². The Kier molecular flexibility index (Phi) is 7.69. The molecule has 4 heterocycles. The fourth-order valence-corrected chi connectivity index (χ4v) is 15.2. The van der Waals surface area contributed by atoms with Crippen LogP contribution in [0.1, 0.15) is 75.1 Å². The van der Waals surface area contributed by atoms with Gasteiger partial charge in [0.25, 0.3) is 6.71 Å². The molecule has 4 aliphatic carbocycles. The van der Waals surface area contributed by atoms with E-state index in [0.29, 0.717) is 11.8 Å². The van der Waals surface area contributed by atoms with Crippen molar-refractivity contribution in [2.24, 2.45) is 23.7 Å². The zero-order valence-corrected chi connectivity index (χ0v) is 38.9. The van der Waals surface area contributed by atoms with Crippen LogP contribution < -0.4 is 26.2 Å². The number of aryl methyl sites for hydroxylation is 1. The highest BCUT2D eigenvalue weighted by atomic mass is 15.2. The minimum atomic E-state index is 0.00225. The molecule has 0 amide bonds. The Morgan fingerprint density at radius 1 is 0.493 bits per heavy atom. The third kappa shape index (κ3) is 5.09. The van der Waals surface area contributed by atoms with E-state index in [2.05, 4.69) is 212 Å². The highest BCUT2D eigenvalue weighted by Crippen LogP contribution is 2.69. The number of hydrogen-bond acceptors (Lipinski definition) is 2. The Morgan fingerprint density at radius 2 is 1.10 bits per heavy atom. The van der Waals surface area contributed by atoms with Crippen molar-refractivity contribution in [3.05, 3.63) is 192 Å². The lowest BCUT2D eigenvalue weighted by Gasteiger charge is -2.64. The smallest absolute Gasteiger partial charge is 0.252 e. The Morgan fingerprint density at radius 3 is 1.79 bits per heavy atom. The first-order valence-corrected chi connectivity index (χ1v) is 25.0. The molecule has 0 saturated heterocycles. The van der Waals surface area contributed by atoms with Gasteiger partial charge in [0.05, 0.1) is 16.7 Å². The quantitative estimate of drug-likeness (QED) is 0.164. The summed E-state index contributed by atoms with van der Waals surface area (Å²) in [6.45, 7) is 9.39. The first kappa shape index (κ1) is 38.3. The van der Waals surface area contributed by atoms with Crippen molar-refractivity contribution in [2.45, 2.75) is 70.6 Å². The second kappa shape index (κ2) is 13.4. The third-order valence-electron chi connectivity index (χ3n) is 17.7. The molecule has 1 spiro atoms. The summed E-state index contributed by atoms with van der Waals surface area (Å²) in [4.78, 5) is 5.35. The van der Waals surface area contributed by atoms with Crippen molar-refractivity contribution in [2.75, 3.05) is 9.80 Å². The molecule has 67 heavy (non-hydrogen) atoms. The van der Waals surface area contributed by atoms with Gasteiger partial charge in [-0.15, -0.1) is 0 Å². The number of anilines is 6. The molecular weight excluding hydrogens is 810 g/mol. The van der Waals surface area contributed by atoms with E-state index < -0.39 is 0 Å². The minimum Gasteiger partial charge on any atom is -0.311 e. The molecule has 16 rings (SSSR count). The lowest BCUT2D eigenvalue weighted by Crippen LogP contribution is -2.64.